The van der Waals surface area contributed by atoms with Gasteiger partial charge in [-0.05, 0) is 65.8 Å². The van der Waals surface area contributed by atoms with Crippen molar-refractivity contribution in [1.82, 2.24) is 10.2 Å². The molecule has 3 aromatic carbocycles. The van der Waals surface area contributed by atoms with Gasteiger partial charge < -0.3 is 24.8 Å². The normalized spacial score (nSPS) is 17.3. The highest BCUT2D eigenvalue weighted by atomic mass is 16.5. The van der Waals surface area contributed by atoms with Gasteiger partial charge in [-0.1, -0.05) is 48.5 Å². The fourth-order valence-electron chi connectivity index (χ4n) is 5.25. The topological polar surface area (TPSA) is 57.2 Å². The number of rotatable bonds is 11. The van der Waals surface area contributed by atoms with Crippen LogP contribution in [0.3, 0.4) is 0 Å². The molecule has 0 spiro atoms. The third kappa shape index (κ3) is 7.58. The van der Waals surface area contributed by atoms with E-state index in [0.717, 1.165) is 74.9 Å². The molecule has 0 saturated carbocycles. The van der Waals surface area contributed by atoms with Gasteiger partial charge in [0.1, 0.15) is 12.4 Å². The van der Waals surface area contributed by atoms with Crippen molar-refractivity contribution >= 4 is 5.69 Å². The van der Waals surface area contributed by atoms with E-state index >= 15 is 0 Å². The average molecular weight is 516 g/mol. The van der Waals surface area contributed by atoms with E-state index in [2.05, 4.69) is 63.6 Å². The van der Waals surface area contributed by atoms with Crippen LogP contribution in [-0.4, -0.2) is 69.1 Å². The molecule has 2 heterocycles. The highest BCUT2D eigenvalue weighted by Gasteiger charge is 2.12. The van der Waals surface area contributed by atoms with E-state index in [1.54, 1.807) is 0 Å². The molecule has 0 radical (unpaired) electrons. The van der Waals surface area contributed by atoms with Crippen molar-refractivity contribution in [2.75, 3.05) is 64.0 Å². The van der Waals surface area contributed by atoms with Gasteiger partial charge in [-0.15, -0.1) is 0 Å². The average Bonchev–Trinajstić information content (AvgIpc) is 2.99. The van der Waals surface area contributed by atoms with Crippen molar-refractivity contribution in [3.05, 3.63) is 83.9 Å². The van der Waals surface area contributed by atoms with Gasteiger partial charge in [0.25, 0.3) is 0 Å². The van der Waals surface area contributed by atoms with E-state index in [1.807, 2.05) is 24.3 Å². The van der Waals surface area contributed by atoms with Crippen molar-refractivity contribution in [2.24, 2.45) is 0 Å². The fraction of sp³-hybridized carbons (Fsp3) is 0.438. The van der Waals surface area contributed by atoms with E-state index in [0.29, 0.717) is 13.2 Å². The summed E-state index contributed by atoms with van der Waals surface area (Å²) in [5.41, 5.74) is 5.75. The lowest BCUT2D eigenvalue weighted by Gasteiger charge is -2.29. The maximum atomic E-state index is 10.7. The third-order valence-corrected chi connectivity index (χ3v) is 7.56. The maximum absolute atomic E-state index is 10.7. The first-order chi connectivity index (χ1) is 18.7. The second-order valence-electron chi connectivity index (χ2n) is 10.3. The molecule has 6 heteroatoms. The molecule has 2 aliphatic rings. The van der Waals surface area contributed by atoms with Crippen molar-refractivity contribution in [3.63, 3.8) is 0 Å². The monoisotopic (exact) mass is 515 g/mol. The summed E-state index contributed by atoms with van der Waals surface area (Å²) in [6.45, 7) is 8.77. The Bertz CT molecular complexity index is 1110. The summed E-state index contributed by atoms with van der Waals surface area (Å²) >= 11 is 0. The largest absolute Gasteiger partial charge is 0.492 e. The Morgan fingerprint density at radius 1 is 0.842 bits per heavy atom. The zero-order valence-electron chi connectivity index (χ0n) is 22.4. The molecular weight excluding hydrogens is 474 g/mol. The molecule has 5 rings (SSSR count). The van der Waals surface area contributed by atoms with Gasteiger partial charge in [0.05, 0.1) is 19.3 Å². The van der Waals surface area contributed by atoms with Crippen LogP contribution in [0.5, 0.6) is 5.75 Å². The van der Waals surface area contributed by atoms with Crippen molar-refractivity contribution < 1.29 is 14.6 Å². The van der Waals surface area contributed by atoms with Crippen LogP contribution in [0, 0.1) is 0 Å². The van der Waals surface area contributed by atoms with E-state index in [9.17, 15) is 5.11 Å². The minimum Gasteiger partial charge on any atom is -0.492 e. The number of ether oxygens (including phenoxy) is 2. The van der Waals surface area contributed by atoms with Gasteiger partial charge in [-0.2, -0.15) is 0 Å². The molecule has 6 nitrogen and oxygen atoms in total. The summed E-state index contributed by atoms with van der Waals surface area (Å²) in [6, 6.07) is 25.2. The number of nitrogens with zero attached hydrogens (tertiary/aromatic N) is 2. The summed E-state index contributed by atoms with van der Waals surface area (Å²) in [4.78, 5) is 4.86. The molecule has 202 valence electrons. The SMILES string of the molecule is OC(CNCc1cccc(N2CCCCC2)c1)c1ccc(-c2ccc(OCCN3CCOCC3)cc2)cc1. The van der Waals surface area contributed by atoms with Crippen LogP contribution in [0.25, 0.3) is 11.1 Å². The maximum Gasteiger partial charge on any atom is 0.119 e. The third-order valence-electron chi connectivity index (χ3n) is 7.56. The minimum atomic E-state index is -0.545. The Labute approximate surface area is 227 Å². The molecule has 2 aliphatic heterocycles. The highest BCUT2D eigenvalue weighted by Crippen LogP contribution is 2.25. The van der Waals surface area contributed by atoms with Crippen LogP contribution in [0.1, 0.15) is 36.5 Å². The number of benzene rings is 3. The molecule has 38 heavy (non-hydrogen) atoms. The second kappa shape index (κ2) is 13.8. The Kier molecular flexibility index (Phi) is 9.67. The summed E-state index contributed by atoms with van der Waals surface area (Å²) in [5, 5.41) is 14.2. The standard InChI is InChI=1S/C32H41N3O3/c36-32(25-33-24-26-5-4-6-30(23-26)35-15-2-1-3-16-35)29-9-7-27(8-10-29)28-11-13-31(14-12-28)38-22-19-34-17-20-37-21-18-34/h4-14,23,32-33,36H,1-3,15-22,24-25H2. The smallest absolute Gasteiger partial charge is 0.119 e. The highest BCUT2D eigenvalue weighted by molar-refractivity contribution is 5.64. The summed E-state index contributed by atoms with van der Waals surface area (Å²) in [6.07, 6.45) is 3.36. The van der Waals surface area contributed by atoms with Gasteiger partial charge in [0.15, 0.2) is 0 Å². The molecule has 2 saturated heterocycles. The van der Waals surface area contributed by atoms with Crippen LogP contribution >= 0.6 is 0 Å². The van der Waals surface area contributed by atoms with Crippen LogP contribution in [0.15, 0.2) is 72.8 Å². The minimum absolute atomic E-state index is 0.518. The molecule has 3 aromatic rings. The number of morpholine rings is 1. The lowest BCUT2D eigenvalue weighted by atomic mass is 10.0. The predicted molar refractivity (Wildman–Crippen MR) is 154 cm³/mol. The molecule has 2 N–H and O–H groups in total. The predicted octanol–water partition coefficient (Wildman–Crippen LogP) is 4.88. The lowest BCUT2D eigenvalue weighted by Crippen LogP contribution is -2.38. The molecule has 1 atom stereocenters. The van der Waals surface area contributed by atoms with Crippen LogP contribution in [-0.2, 0) is 11.3 Å². The van der Waals surface area contributed by atoms with Crippen LogP contribution < -0.4 is 15.0 Å². The molecular formula is C32H41N3O3. The second-order valence-corrected chi connectivity index (χ2v) is 10.3. The first kappa shape index (κ1) is 26.7. The number of piperidine rings is 1. The summed E-state index contributed by atoms with van der Waals surface area (Å²) in [5.74, 6) is 0.890. The van der Waals surface area contributed by atoms with Crippen molar-refractivity contribution in [1.29, 1.82) is 0 Å². The van der Waals surface area contributed by atoms with Crippen molar-refractivity contribution in [3.8, 4) is 16.9 Å². The van der Waals surface area contributed by atoms with Gasteiger partial charge in [-0.25, -0.2) is 0 Å². The number of anilines is 1. The van der Waals surface area contributed by atoms with Gasteiger partial charge in [0.2, 0.25) is 0 Å². The summed E-state index contributed by atoms with van der Waals surface area (Å²) < 4.78 is 11.3. The Hall–Kier alpha value is -2.90. The van der Waals surface area contributed by atoms with E-state index in [4.69, 9.17) is 9.47 Å². The van der Waals surface area contributed by atoms with E-state index in [1.165, 1.54) is 30.5 Å². The molecule has 2 fully saturated rings. The van der Waals surface area contributed by atoms with Crippen LogP contribution in [0.4, 0.5) is 5.69 Å². The van der Waals surface area contributed by atoms with E-state index < -0.39 is 6.10 Å². The molecule has 0 aliphatic carbocycles. The van der Waals surface area contributed by atoms with E-state index in [-0.39, 0.29) is 0 Å². The number of aliphatic hydroxyl groups is 1. The van der Waals surface area contributed by atoms with Gasteiger partial charge >= 0.3 is 0 Å². The fourth-order valence-corrected chi connectivity index (χ4v) is 5.25. The number of aliphatic hydroxyl groups excluding tert-OH is 1. The quantitative estimate of drug-likeness (QED) is 0.380. The first-order valence-electron chi connectivity index (χ1n) is 14.1. The lowest BCUT2D eigenvalue weighted by molar-refractivity contribution is 0.0322. The number of nitrogens with one attached hydrogen (secondary N) is 1. The molecule has 1 unspecified atom stereocenters. The van der Waals surface area contributed by atoms with Gasteiger partial charge in [-0.3, -0.25) is 4.90 Å². The Morgan fingerprint density at radius 2 is 1.55 bits per heavy atom. The molecule has 0 aromatic heterocycles. The van der Waals surface area contributed by atoms with Gasteiger partial charge in [0, 0.05) is 51.5 Å². The number of hydrogen-bond donors (Lipinski definition) is 2. The van der Waals surface area contributed by atoms with Crippen LogP contribution in [0.2, 0.25) is 0 Å². The summed E-state index contributed by atoms with van der Waals surface area (Å²) in [7, 11) is 0. The molecule has 0 amide bonds. The Balaban J connectivity index is 1.07. The van der Waals surface area contributed by atoms with Crippen molar-refractivity contribution in [2.45, 2.75) is 31.9 Å². The zero-order chi connectivity index (χ0) is 26.0. The Morgan fingerprint density at radius 3 is 2.29 bits per heavy atom. The first-order valence-corrected chi connectivity index (χ1v) is 14.1. The molecule has 0 bridgehead atoms. The zero-order valence-corrected chi connectivity index (χ0v) is 22.4. The number of hydrogen-bond acceptors (Lipinski definition) is 6.